The molecule has 1 saturated heterocycles. The fraction of sp³-hybridized carbons (Fsp3) is 0.600. The molecule has 0 spiro atoms. The Morgan fingerprint density at radius 3 is 2.56 bits per heavy atom. The Labute approximate surface area is 111 Å². The highest BCUT2D eigenvalue weighted by Crippen LogP contribution is 2.18. The molecule has 0 saturated carbocycles. The molecule has 1 aromatic rings. The minimum Gasteiger partial charge on any atom is -0.314 e. The molecule has 0 aromatic heterocycles. The van der Waals surface area contributed by atoms with E-state index in [1.807, 2.05) is 0 Å². The SMILES string of the molecule is CNC(CN1CCNCC1)c1ccc(C)c(C)c1. The molecule has 1 aliphatic heterocycles. The molecule has 0 bridgehead atoms. The van der Waals surface area contributed by atoms with Crippen molar-refractivity contribution in [2.75, 3.05) is 39.8 Å². The Kier molecular flexibility index (Phi) is 4.75. The smallest absolute Gasteiger partial charge is 0.0446 e. The first kappa shape index (κ1) is 13.5. The van der Waals surface area contributed by atoms with Gasteiger partial charge in [-0.25, -0.2) is 0 Å². The molecular weight excluding hydrogens is 222 g/mol. The van der Waals surface area contributed by atoms with Crippen molar-refractivity contribution in [3.05, 3.63) is 34.9 Å². The highest BCUT2D eigenvalue weighted by Gasteiger charge is 2.16. The lowest BCUT2D eigenvalue weighted by atomic mass is 10.0. The summed E-state index contributed by atoms with van der Waals surface area (Å²) in [5.41, 5.74) is 4.16. The third kappa shape index (κ3) is 3.31. The summed E-state index contributed by atoms with van der Waals surface area (Å²) in [5, 5.41) is 6.85. The van der Waals surface area contributed by atoms with Gasteiger partial charge in [-0.2, -0.15) is 0 Å². The van der Waals surface area contributed by atoms with E-state index in [0.29, 0.717) is 6.04 Å². The molecule has 100 valence electrons. The van der Waals surface area contributed by atoms with Crippen LogP contribution in [0.1, 0.15) is 22.7 Å². The van der Waals surface area contributed by atoms with Crippen LogP contribution < -0.4 is 10.6 Å². The van der Waals surface area contributed by atoms with Gasteiger partial charge < -0.3 is 10.6 Å². The van der Waals surface area contributed by atoms with Crippen molar-refractivity contribution in [2.45, 2.75) is 19.9 Å². The second-order valence-electron chi connectivity index (χ2n) is 5.24. The number of nitrogens with one attached hydrogen (secondary N) is 2. The molecule has 3 nitrogen and oxygen atoms in total. The summed E-state index contributed by atoms with van der Waals surface area (Å²) in [6.07, 6.45) is 0. The zero-order valence-electron chi connectivity index (χ0n) is 11.8. The third-order valence-corrected chi connectivity index (χ3v) is 3.93. The van der Waals surface area contributed by atoms with E-state index in [-0.39, 0.29) is 0 Å². The predicted octanol–water partition coefficient (Wildman–Crippen LogP) is 1.47. The molecular formula is C15H25N3. The number of likely N-dealkylation sites (N-methyl/N-ethyl adjacent to an activating group) is 1. The Hall–Kier alpha value is -0.900. The summed E-state index contributed by atoms with van der Waals surface area (Å²) in [6, 6.07) is 7.24. The second-order valence-corrected chi connectivity index (χ2v) is 5.24. The van der Waals surface area contributed by atoms with Gasteiger partial charge in [0.15, 0.2) is 0 Å². The summed E-state index contributed by atoms with van der Waals surface area (Å²) in [4.78, 5) is 2.53. The predicted molar refractivity (Wildman–Crippen MR) is 77.0 cm³/mol. The molecule has 2 rings (SSSR count). The minimum atomic E-state index is 0.433. The maximum absolute atomic E-state index is 3.45. The summed E-state index contributed by atoms with van der Waals surface area (Å²) in [7, 11) is 2.06. The lowest BCUT2D eigenvalue weighted by molar-refractivity contribution is 0.219. The fourth-order valence-electron chi connectivity index (χ4n) is 2.50. The normalized spacial score (nSPS) is 18.8. The molecule has 18 heavy (non-hydrogen) atoms. The molecule has 1 heterocycles. The maximum Gasteiger partial charge on any atom is 0.0446 e. The molecule has 3 heteroatoms. The van der Waals surface area contributed by atoms with Gasteiger partial charge in [-0.3, -0.25) is 4.90 Å². The molecule has 1 atom stereocenters. The largest absolute Gasteiger partial charge is 0.314 e. The fourth-order valence-corrected chi connectivity index (χ4v) is 2.50. The Bertz CT molecular complexity index is 383. The lowest BCUT2D eigenvalue weighted by Crippen LogP contribution is -2.46. The van der Waals surface area contributed by atoms with Gasteiger partial charge in [0.05, 0.1) is 0 Å². The number of nitrogens with zero attached hydrogens (tertiary/aromatic N) is 1. The van der Waals surface area contributed by atoms with Crippen LogP contribution >= 0.6 is 0 Å². The Morgan fingerprint density at radius 1 is 1.22 bits per heavy atom. The van der Waals surface area contributed by atoms with E-state index < -0.39 is 0 Å². The van der Waals surface area contributed by atoms with Gasteiger partial charge in [-0.1, -0.05) is 18.2 Å². The zero-order chi connectivity index (χ0) is 13.0. The van der Waals surface area contributed by atoms with Crippen molar-refractivity contribution < 1.29 is 0 Å². The molecule has 2 N–H and O–H groups in total. The maximum atomic E-state index is 3.45. The van der Waals surface area contributed by atoms with Gasteiger partial charge in [0.1, 0.15) is 0 Å². The van der Waals surface area contributed by atoms with E-state index in [1.54, 1.807) is 0 Å². The number of piperazine rings is 1. The number of benzene rings is 1. The molecule has 0 amide bonds. The third-order valence-electron chi connectivity index (χ3n) is 3.93. The molecule has 1 unspecified atom stereocenters. The molecule has 0 radical (unpaired) electrons. The highest BCUT2D eigenvalue weighted by molar-refractivity contribution is 5.31. The van der Waals surface area contributed by atoms with Crippen molar-refractivity contribution in [3.63, 3.8) is 0 Å². The summed E-state index contributed by atoms with van der Waals surface area (Å²) >= 11 is 0. The van der Waals surface area contributed by atoms with Gasteiger partial charge in [0.2, 0.25) is 0 Å². The van der Waals surface area contributed by atoms with Crippen LogP contribution in [0.3, 0.4) is 0 Å². The van der Waals surface area contributed by atoms with Crippen molar-refractivity contribution in [1.29, 1.82) is 0 Å². The Morgan fingerprint density at radius 2 is 1.94 bits per heavy atom. The van der Waals surface area contributed by atoms with Gasteiger partial charge >= 0.3 is 0 Å². The van der Waals surface area contributed by atoms with E-state index >= 15 is 0 Å². The standard InChI is InChI=1S/C15H25N3/c1-12-4-5-14(10-13(12)2)15(16-3)11-18-8-6-17-7-9-18/h4-5,10,15-17H,6-9,11H2,1-3H3. The lowest BCUT2D eigenvalue weighted by Gasteiger charge is -2.31. The van der Waals surface area contributed by atoms with E-state index in [9.17, 15) is 0 Å². The number of rotatable bonds is 4. The van der Waals surface area contributed by atoms with E-state index in [4.69, 9.17) is 0 Å². The van der Waals surface area contributed by atoms with Crippen molar-refractivity contribution in [1.82, 2.24) is 15.5 Å². The van der Waals surface area contributed by atoms with Crippen LogP contribution in [0.25, 0.3) is 0 Å². The molecule has 0 aliphatic carbocycles. The number of aryl methyl sites for hydroxylation is 2. The average Bonchev–Trinajstić information content (AvgIpc) is 2.40. The van der Waals surface area contributed by atoms with Crippen LogP contribution in [-0.4, -0.2) is 44.7 Å². The van der Waals surface area contributed by atoms with Crippen LogP contribution in [0.15, 0.2) is 18.2 Å². The second kappa shape index (κ2) is 6.32. The van der Waals surface area contributed by atoms with E-state index in [2.05, 4.69) is 54.6 Å². The molecule has 1 aliphatic rings. The van der Waals surface area contributed by atoms with Gasteiger partial charge in [-0.05, 0) is 37.6 Å². The van der Waals surface area contributed by atoms with Crippen LogP contribution in [0.5, 0.6) is 0 Å². The van der Waals surface area contributed by atoms with Gasteiger partial charge in [0, 0.05) is 38.8 Å². The number of hydrogen-bond acceptors (Lipinski definition) is 3. The molecule has 1 aromatic carbocycles. The first-order chi connectivity index (χ1) is 8.70. The topological polar surface area (TPSA) is 27.3 Å². The van der Waals surface area contributed by atoms with Gasteiger partial charge in [-0.15, -0.1) is 0 Å². The van der Waals surface area contributed by atoms with Crippen LogP contribution in [0.4, 0.5) is 0 Å². The van der Waals surface area contributed by atoms with Crippen LogP contribution in [0, 0.1) is 13.8 Å². The summed E-state index contributed by atoms with van der Waals surface area (Å²) in [5.74, 6) is 0. The first-order valence-electron chi connectivity index (χ1n) is 6.88. The summed E-state index contributed by atoms with van der Waals surface area (Å²) < 4.78 is 0. The first-order valence-corrected chi connectivity index (χ1v) is 6.88. The zero-order valence-corrected chi connectivity index (χ0v) is 11.8. The molecule has 1 fully saturated rings. The minimum absolute atomic E-state index is 0.433. The van der Waals surface area contributed by atoms with Crippen molar-refractivity contribution >= 4 is 0 Å². The number of hydrogen-bond donors (Lipinski definition) is 2. The quantitative estimate of drug-likeness (QED) is 0.844. The van der Waals surface area contributed by atoms with Crippen molar-refractivity contribution in [2.24, 2.45) is 0 Å². The Balaban J connectivity index is 2.04. The summed E-state index contributed by atoms with van der Waals surface area (Å²) in [6.45, 7) is 10.00. The van der Waals surface area contributed by atoms with Crippen LogP contribution in [0.2, 0.25) is 0 Å². The van der Waals surface area contributed by atoms with Crippen molar-refractivity contribution in [3.8, 4) is 0 Å². The van der Waals surface area contributed by atoms with Gasteiger partial charge in [0.25, 0.3) is 0 Å². The van der Waals surface area contributed by atoms with E-state index in [1.165, 1.54) is 16.7 Å². The highest BCUT2D eigenvalue weighted by atomic mass is 15.2. The average molecular weight is 247 g/mol. The van der Waals surface area contributed by atoms with E-state index in [0.717, 1.165) is 32.7 Å². The van der Waals surface area contributed by atoms with Crippen LogP contribution in [-0.2, 0) is 0 Å². The monoisotopic (exact) mass is 247 g/mol.